The van der Waals surface area contributed by atoms with Crippen LogP contribution in [0.3, 0.4) is 0 Å². The fraction of sp³-hybridized carbons (Fsp3) is 0.273. The standard InChI is InChI=1S/C22H24N2O3/c1-4-14(2)17-10-6-8-12-19(17)24-21(25)15(3)27-22(26)20-13-16-9-5-7-11-18(16)23-20/h5-15,23H,4H2,1-3H3,(H,24,25)/t14-,15-/m0/s1. The molecule has 0 bridgehead atoms. The van der Waals surface area contributed by atoms with Crippen molar-refractivity contribution < 1.29 is 14.3 Å². The molecular formula is C22H24N2O3. The number of anilines is 1. The van der Waals surface area contributed by atoms with Gasteiger partial charge in [-0.1, -0.05) is 50.2 Å². The quantitative estimate of drug-likeness (QED) is 0.613. The number of nitrogens with one attached hydrogen (secondary N) is 2. The molecule has 1 amide bonds. The van der Waals surface area contributed by atoms with E-state index in [-0.39, 0.29) is 5.91 Å². The second kappa shape index (κ2) is 8.08. The first-order valence-corrected chi connectivity index (χ1v) is 9.18. The van der Waals surface area contributed by atoms with Gasteiger partial charge in [-0.05, 0) is 43.0 Å². The van der Waals surface area contributed by atoms with Gasteiger partial charge in [0.05, 0.1) is 0 Å². The van der Waals surface area contributed by atoms with Crippen LogP contribution in [0.4, 0.5) is 5.69 Å². The van der Waals surface area contributed by atoms with Crippen molar-refractivity contribution in [2.24, 2.45) is 0 Å². The van der Waals surface area contributed by atoms with Crippen molar-refractivity contribution in [3.63, 3.8) is 0 Å². The van der Waals surface area contributed by atoms with Crippen LogP contribution in [0.2, 0.25) is 0 Å². The minimum absolute atomic E-state index is 0.325. The molecule has 0 fully saturated rings. The van der Waals surface area contributed by atoms with Gasteiger partial charge < -0.3 is 15.0 Å². The first kappa shape index (κ1) is 18.7. The van der Waals surface area contributed by atoms with E-state index in [9.17, 15) is 9.59 Å². The van der Waals surface area contributed by atoms with Crippen LogP contribution in [0, 0.1) is 0 Å². The molecule has 27 heavy (non-hydrogen) atoms. The van der Waals surface area contributed by atoms with Crippen LogP contribution < -0.4 is 5.32 Å². The Morgan fingerprint density at radius 2 is 1.78 bits per heavy atom. The molecule has 0 spiro atoms. The number of amides is 1. The van der Waals surface area contributed by atoms with E-state index in [2.05, 4.69) is 24.1 Å². The number of benzene rings is 2. The maximum atomic E-state index is 12.5. The highest BCUT2D eigenvalue weighted by atomic mass is 16.5. The molecule has 5 heteroatoms. The van der Waals surface area contributed by atoms with E-state index in [1.807, 2.05) is 48.5 Å². The Labute approximate surface area is 158 Å². The Hall–Kier alpha value is -3.08. The minimum atomic E-state index is -0.908. The molecule has 3 rings (SSSR count). The molecule has 1 aromatic heterocycles. The normalized spacial score (nSPS) is 13.1. The number of esters is 1. The zero-order chi connectivity index (χ0) is 19.4. The fourth-order valence-electron chi connectivity index (χ4n) is 2.96. The van der Waals surface area contributed by atoms with Gasteiger partial charge in [0.2, 0.25) is 0 Å². The predicted molar refractivity (Wildman–Crippen MR) is 107 cm³/mol. The van der Waals surface area contributed by atoms with Crippen LogP contribution in [0.5, 0.6) is 0 Å². The van der Waals surface area contributed by atoms with Crippen molar-refractivity contribution in [2.45, 2.75) is 39.2 Å². The number of aromatic amines is 1. The highest BCUT2D eigenvalue weighted by molar-refractivity contribution is 5.99. The zero-order valence-electron chi connectivity index (χ0n) is 15.8. The zero-order valence-corrected chi connectivity index (χ0v) is 15.8. The average molecular weight is 364 g/mol. The van der Waals surface area contributed by atoms with Crippen molar-refractivity contribution in [3.8, 4) is 0 Å². The fourth-order valence-corrected chi connectivity index (χ4v) is 2.96. The molecule has 140 valence electrons. The monoisotopic (exact) mass is 364 g/mol. The van der Waals surface area contributed by atoms with E-state index in [1.54, 1.807) is 13.0 Å². The number of hydrogen-bond acceptors (Lipinski definition) is 3. The lowest BCUT2D eigenvalue weighted by atomic mass is 9.97. The summed E-state index contributed by atoms with van der Waals surface area (Å²) in [6, 6.07) is 17.0. The van der Waals surface area contributed by atoms with E-state index >= 15 is 0 Å². The highest BCUT2D eigenvalue weighted by Gasteiger charge is 2.21. The maximum Gasteiger partial charge on any atom is 0.355 e. The Kier molecular flexibility index (Phi) is 5.60. The summed E-state index contributed by atoms with van der Waals surface area (Å²) in [5.74, 6) is -0.579. The van der Waals surface area contributed by atoms with Crippen LogP contribution in [0.15, 0.2) is 54.6 Å². The molecule has 5 nitrogen and oxygen atoms in total. The summed E-state index contributed by atoms with van der Waals surface area (Å²) >= 11 is 0. The third-order valence-corrected chi connectivity index (χ3v) is 4.76. The van der Waals surface area contributed by atoms with E-state index in [1.165, 1.54) is 0 Å². The summed E-state index contributed by atoms with van der Waals surface area (Å²) in [4.78, 5) is 27.9. The summed E-state index contributed by atoms with van der Waals surface area (Å²) in [5, 5.41) is 3.80. The number of rotatable bonds is 6. The number of carbonyl (C=O) groups is 2. The minimum Gasteiger partial charge on any atom is -0.448 e. The number of fused-ring (bicyclic) bond motifs is 1. The molecule has 1 heterocycles. The number of H-pyrrole nitrogens is 1. The van der Waals surface area contributed by atoms with Crippen molar-refractivity contribution >= 4 is 28.5 Å². The Morgan fingerprint density at radius 1 is 1.07 bits per heavy atom. The van der Waals surface area contributed by atoms with Gasteiger partial charge in [0.1, 0.15) is 5.69 Å². The molecule has 0 unspecified atom stereocenters. The Balaban J connectivity index is 1.68. The number of aromatic nitrogens is 1. The van der Waals surface area contributed by atoms with Gasteiger partial charge in [-0.15, -0.1) is 0 Å². The van der Waals surface area contributed by atoms with Crippen molar-refractivity contribution in [2.75, 3.05) is 5.32 Å². The smallest absolute Gasteiger partial charge is 0.355 e. The molecule has 0 aliphatic rings. The summed E-state index contributed by atoms with van der Waals surface area (Å²) in [6.07, 6.45) is 0.0616. The van der Waals surface area contributed by atoms with Gasteiger partial charge in [0.25, 0.3) is 5.91 Å². The van der Waals surface area contributed by atoms with Gasteiger partial charge in [-0.3, -0.25) is 4.79 Å². The second-order valence-electron chi connectivity index (χ2n) is 6.70. The lowest BCUT2D eigenvalue weighted by Gasteiger charge is -2.18. The molecule has 2 atom stereocenters. The van der Waals surface area contributed by atoms with Gasteiger partial charge in [-0.25, -0.2) is 4.79 Å². The topological polar surface area (TPSA) is 71.2 Å². The molecule has 0 aliphatic carbocycles. The maximum absolute atomic E-state index is 12.5. The van der Waals surface area contributed by atoms with Crippen LogP contribution >= 0.6 is 0 Å². The van der Waals surface area contributed by atoms with Gasteiger partial charge in [-0.2, -0.15) is 0 Å². The third-order valence-electron chi connectivity index (χ3n) is 4.76. The molecule has 2 aromatic carbocycles. The summed E-state index contributed by atoms with van der Waals surface area (Å²) < 4.78 is 5.34. The lowest BCUT2D eigenvalue weighted by molar-refractivity contribution is -0.123. The van der Waals surface area contributed by atoms with Crippen molar-refractivity contribution in [3.05, 3.63) is 65.9 Å². The van der Waals surface area contributed by atoms with Crippen LogP contribution in [0.1, 0.15) is 49.2 Å². The third kappa shape index (κ3) is 4.19. The van der Waals surface area contributed by atoms with Gasteiger partial charge in [0, 0.05) is 16.6 Å². The Morgan fingerprint density at radius 3 is 2.52 bits per heavy atom. The number of ether oxygens (including phenoxy) is 1. The lowest BCUT2D eigenvalue weighted by Crippen LogP contribution is -2.30. The number of para-hydroxylation sites is 2. The second-order valence-corrected chi connectivity index (χ2v) is 6.70. The molecule has 0 saturated heterocycles. The molecule has 0 radical (unpaired) electrons. The molecule has 3 aromatic rings. The van der Waals surface area contributed by atoms with Crippen LogP contribution in [-0.2, 0) is 9.53 Å². The van der Waals surface area contributed by atoms with E-state index in [0.29, 0.717) is 11.6 Å². The summed E-state index contributed by atoms with van der Waals surface area (Å²) in [5.41, 5.74) is 3.01. The van der Waals surface area contributed by atoms with E-state index < -0.39 is 12.1 Å². The highest BCUT2D eigenvalue weighted by Crippen LogP contribution is 2.26. The van der Waals surface area contributed by atoms with E-state index in [0.717, 1.165) is 28.6 Å². The van der Waals surface area contributed by atoms with Crippen LogP contribution in [0.25, 0.3) is 10.9 Å². The first-order valence-electron chi connectivity index (χ1n) is 9.18. The molecule has 0 saturated carbocycles. The predicted octanol–water partition coefficient (Wildman–Crippen LogP) is 4.87. The summed E-state index contributed by atoms with van der Waals surface area (Å²) in [7, 11) is 0. The largest absolute Gasteiger partial charge is 0.448 e. The number of carbonyl (C=O) groups excluding carboxylic acids is 2. The summed E-state index contributed by atoms with van der Waals surface area (Å²) in [6.45, 7) is 5.79. The van der Waals surface area contributed by atoms with Crippen molar-refractivity contribution in [1.29, 1.82) is 0 Å². The SMILES string of the molecule is CC[C@H](C)c1ccccc1NC(=O)[C@H](C)OC(=O)c1cc2ccccc2[nH]1. The number of hydrogen-bond donors (Lipinski definition) is 2. The van der Waals surface area contributed by atoms with Crippen LogP contribution in [-0.4, -0.2) is 23.0 Å². The van der Waals surface area contributed by atoms with E-state index in [4.69, 9.17) is 4.74 Å². The molecule has 0 aliphatic heterocycles. The average Bonchev–Trinajstić information content (AvgIpc) is 3.12. The van der Waals surface area contributed by atoms with Crippen molar-refractivity contribution in [1.82, 2.24) is 4.98 Å². The molecule has 2 N–H and O–H groups in total. The van der Waals surface area contributed by atoms with Gasteiger partial charge >= 0.3 is 5.97 Å². The van der Waals surface area contributed by atoms with Gasteiger partial charge in [0.15, 0.2) is 6.10 Å². The Bertz CT molecular complexity index is 928. The first-order chi connectivity index (χ1) is 13.0. The molecular weight excluding hydrogens is 340 g/mol.